The second-order valence-electron chi connectivity index (χ2n) is 7.58. The quantitative estimate of drug-likeness (QED) is 0.410. The molecule has 160 valence electrons. The number of rotatable bonds is 7. The fourth-order valence-corrected chi connectivity index (χ4v) is 3.61. The number of carbonyl (C=O) groups excluding carboxylic acids is 1. The Labute approximate surface area is 187 Å². The van der Waals surface area contributed by atoms with Gasteiger partial charge in [0.2, 0.25) is 5.91 Å². The van der Waals surface area contributed by atoms with Crippen LogP contribution in [0.3, 0.4) is 0 Å². The summed E-state index contributed by atoms with van der Waals surface area (Å²) >= 11 is 0. The van der Waals surface area contributed by atoms with E-state index in [0.717, 1.165) is 33.8 Å². The van der Waals surface area contributed by atoms with Gasteiger partial charge in [-0.3, -0.25) is 14.8 Å². The molecule has 0 unspecified atom stereocenters. The van der Waals surface area contributed by atoms with E-state index < -0.39 is 0 Å². The molecule has 4 aromatic rings. The fraction of sp³-hybridized carbons (Fsp3) is 0.154. The smallest absolute Gasteiger partial charge is 0.247 e. The van der Waals surface area contributed by atoms with Gasteiger partial charge in [-0.25, -0.2) is 4.68 Å². The molecule has 0 saturated heterocycles. The zero-order chi connectivity index (χ0) is 22.3. The first-order valence-electron chi connectivity index (χ1n) is 10.5. The molecule has 0 saturated carbocycles. The number of pyridine rings is 2. The molecular weight excluding hydrogens is 398 g/mol. The van der Waals surface area contributed by atoms with Gasteiger partial charge in [-0.1, -0.05) is 24.3 Å². The van der Waals surface area contributed by atoms with Gasteiger partial charge in [0.15, 0.2) is 0 Å². The molecule has 32 heavy (non-hydrogen) atoms. The highest BCUT2D eigenvalue weighted by Crippen LogP contribution is 2.19. The van der Waals surface area contributed by atoms with E-state index in [1.165, 1.54) is 0 Å². The molecule has 0 aliphatic rings. The predicted octanol–water partition coefficient (Wildman–Crippen LogP) is 4.52. The highest BCUT2D eigenvalue weighted by Gasteiger charge is 2.15. The van der Waals surface area contributed by atoms with Gasteiger partial charge in [0.25, 0.3) is 0 Å². The van der Waals surface area contributed by atoms with Crippen molar-refractivity contribution >= 4 is 12.0 Å². The number of aromatic nitrogens is 4. The molecule has 0 fully saturated rings. The van der Waals surface area contributed by atoms with Crippen molar-refractivity contribution in [3.8, 4) is 5.69 Å². The lowest BCUT2D eigenvalue weighted by Gasteiger charge is -2.21. The summed E-state index contributed by atoms with van der Waals surface area (Å²) in [6.07, 6.45) is 10.5. The zero-order valence-electron chi connectivity index (χ0n) is 18.2. The van der Waals surface area contributed by atoms with Crippen molar-refractivity contribution in [3.05, 3.63) is 114 Å². The third-order valence-corrected chi connectivity index (χ3v) is 5.27. The second kappa shape index (κ2) is 9.83. The van der Waals surface area contributed by atoms with Crippen LogP contribution in [0.2, 0.25) is 0 Å². The van der Waals surface area contributed by atoms with Gasteiger partial charge < -0.3 is 4.90 Å². The summed E-state index contributed by atoms with van der Waals surface area (Å²) in [5.74, 6) is -0.0723. The molecule has 0 spiro atoms. The standard InChI is InChI=1S/C26H25N5O/c1-20-25(21(2)31(29-20)24-8-4-3-5-9-24)10-11-26(32)30(18-22-12-15-27-16-13-22)19-23-7-6-14-28-17-23/h3-17H,18-19H2,1-2H3. The molecule has 0 aliphatic carbocycles. The van der Waals surface area contributed by atoms with E-state index >= 15 is 0 Å². The first-order valence-corrected chi connectivity index (χ1v) is 10.5. The maximum Gasteiger partial charge on any atom is 0.247 e. The highest BCUT2D eigenvalue weighted by atomic mass is 16.2. The molecule has 3 aromatic heterocycles. The van der Waals surface area contributed by atoms with Crippen molar-refractivity contribution in [2.75, 3.05) is 0 Å². The Morgan fingerprint density at radius 3 is 2.38 bits per heavy atom. The van der Waals surface area contributed by atoms with E-state index in [4.69, 9.17) is 0 Å². The summed E-state index contributed by atoms with van der Waals surface area (Å²) in [6.45, 7) is 4.94. The van der Waals surface area contributed by atoms with E-state index in [1.807, 2.05) is 79.2 Å². The molecular formula is C26H25N5O. The SMILES string of the molecule is Cc1nn(-c2ccccc2)c(C)c1C=CC(=O)N(Cc1ccncc1)Cc1cccnc1. The molecule has 3 heterocycles. The van der Waals surface area contributed by atoms with Gasteiger partial charge in [0.1, 0.15) is 0 Å². The summed E-state index contributed by atoms with van der Waals surface area (Å²) in [5.41, 5.74) is 5.82. The molecule has 1 aromatic carbocycles. The number of amides is 1. The molecule has 0 atom stereocenters. The minimum absolute atomic E-state index is 0.0723. The average molecular weight is 424 g/mol. The second-order valence-corrected chi connectivity index (χ2v) is 7.58. The van der Waals surface area contributed by atoms with Gasteiger partial charge in [-0.05, 0) is 61.4 Å². The van der Waals surface area contributed by atoms with Crippen LogP contribution in [0.15, 0.2) is 85.5 Å². The van der Waals surface area contributed by atoms with E-state index in [1.54, 1.807) is 35.8 Å². The Balaban J connectivity index is 1.58. The Morgan fingerprint density at radius 2 is 1.66 bits per heavy atom. The van der Waals surface area contributed by atoms with E-state index in [-0.39, 0.29) is 5.91 Å². The summed E-state index contributed by atoms with van der Waals surface area (Å²) in [7, 11) is 0. The van der Waals surface area contributed by atoms with Gasteiger partial charge in [-0.2, -0.15) is 5.10 Å². The number of hydrogen-bond donors (Lipinski definition) is 0. The van der Waals surface area contributed by atoms with E-state index in [9.17, 15) is 4.79 Å². The summed E-state index contributed by atoms with van der Waals surface area (Å²) in [4.78, 5) is 23.2. The largest absolute Gasteiger partial charge is 0.330 e. The van der Waals surface area contributed by atoms with Crippen LogP contribution in [-0.2, 0) is 17.9 Å². The number of benzene rings is 1. The minimum atomic E-state index is -0.0723. The molecule has 0 aliphatic heterocycles. The third-order valence-electron chi connectivity index (χ3n) is 5.27. The third kappa shape index (κ3) is 4.98. The van der Waals surface area contributed by atoms with E-state index in [2.05, 4.69) is 15.1 Å². The molecule has 0 bridgehead atoms. The van der Waals surface area contributed by atoms with Gasteiger partial charge >= 0.3 is 0 Å². The van der Waals surface area contributed by atoms with Gasteiger partial charge in [0.05, 0.1) is 11.4 Å². The predicted molar refractivity (Wildman–Crippen MR) is 125 cm³/mol. The molecule has 0 radical (unpaired) electrons. The van der Waals surface area contributed by atoms with Crippen LogP contribution in [-0.4, -0.2) is 30.6 Å². The first-order chi connectivity index (χ1) is 15.6. The van der Waals surface area contributed by atoms with Crippen LogP contribution in [0, 0.1) is 13.8 Å². The maximum atomic E-state index is 13.2. The van der Waals surface area contributed by atoms with Gasteiger partial charge in [-0.15, -0.1) is 0 Å². The number of carbonyl (C=O) groups is 1. The maximum absolute atomic E-state index is 13.2. The topological polar surface area (TPSA) is 63.9 Å². The van der Waals surface area contributed by atoms with Crippen molar-refractivity contribution in [1.29, 1.82) is 0 Å². The molecule has 0 N–H and O–H groups in total. The van der Waals surface area contributed by atoms with Crippen molar-refractivity contribution in [2.24, 2.45) is 0 Å². The lowest BCUT2D eigenvalue weighted by Crippen LogP contribution is -2.28. The van der Waals surface area contributed by atoms with E-state index in [0.29, 0.717) is 13.1 Å². The number of aryl methyl sites for hydroxylation is 1. The van der Waals surface area contributed by atoms with Crippen molar-refractivity contribution in [3.63, 3.8) is 0 Å². The highest BCUT2D eigenvalue weighted by molar-refractivity contribution is 5.92. The number of nitrogens with zero attached hydrogens (tertiary/aromatic N) is 5. The van der Waals surface area contributed by atoms with Crippen LogP contribution < -0.4 is 0 Å². The Bertz CT molecular complexity index is 1160. The molecule has 6 nitrogen and oxygen atoms in total. The molecule has 1 amide bonds. The lowest BCUT2D eigenvalue weighted by molar-refractivity contribution is -0.127. The summed E-state index contributed by atoms with van der Waals surface area (Å²) in [6, 6.07) is 17.7. The summed E-state index contributed by atoms with van der Waals surface area (Å²) in [5, 5.41) is 4.66. The monoisotopic (exact) mass is 423 g/mol. The Hall–Kier alpha value is -4.06. The molecule has 4 rings (SSSR count). The van der Waals surface area contributed by atoms with Crippen molar-refractivity contribution < 1.29 is 4.79 Å². The van der Waals surface area contributed by atoms with Crippen molar-refractivity contribution in [2.45, 2.75) is 26.9 Å². The van der Waals surface area contributed by atoms with Crippen LogP contribution in [0.4, 0.5) is 0 Å². The fourth-order valence-electron chi connectivity index (χ4n) is 3.61. The average Bonchev–Trinajstić information content (AvgIpc) is 3.12. The Kier molecular flexibility index (Phi) is 6.51. The minimum Gasteiger partial charge on any atom is -0.330 e. The lowest BCUT2D eigenvalue weighted by atomic mass is 10.1. The number of para-hydroxylation sites is 1. The van der Waals surface area contributed by atoms with Crippen LogP contribution >= 0.6 is 0 Å². The van der Waals surface area contributed by atoms with Crippen LogP contribution in [0.25, 0.3) is 11.8 Å². The van der Waals surface area contributed by atoms with Crippen molar-refractivity contribution in [1.82, 2.24) is 24.6 Å². The van der Waals surface area contributed by atoms with Crippen LogP contribution in [0.1, 0.15) is 28.1 Å². The van der Waals surface area contributed by atoms with Gasteiger partial charge in [0, 0.05) is 55.2 Å². The summed E-state index contributed by atoms with van der Waals surface area (Å²) < 4.78 is 1.91. The molecule has 6 heteroatoms. The Morgan fingerprint density at radius 1 is 0.906 bits per heavy atom. The first kappa shape index (κ1) is 21.2. The number of hydrogen-bond acceptors (Lipinski definition) is 4. The zero-order valence-corrected chi connectivity index (χ0v) is 18.2. The van der Waals surface area contributed by atoms with Crippen LogP contribution in [0.5, 0.6) is 0 Å². The normalized spacial score (nSPS) is 11.1.